The van der Waals surface area contributed by atoms with Crippen molar-refractivity contribution in [1.82, 2.24) is 5.32 Å². The average molecular weight is 246 g/mol. The normalized spacial score (nSPS) is 14.8. The van der Waals surface area contributed by atoms with Gasteiger partial charge in [0.15, 0.2) is 0 Å². The lowest BCUT2D eigenvalue weighted by Gasteiger charge is -2.23. The third-order valence-electron chi connectivity index (χ3n) is 2.49. The summed E-state index contributed by atoms with van der Waals surface area (Å²) in [5.41, 5.74) is -0.470. The minimum Gasteiger partial charge on any atom is -0.390 e. The van der Waals surface area contributed by atoms with Crippen LogP contribution < -0.4 is 5.32 Å². The van der Waals surface area contributed by atoms with Crippen molar-refractivity contribution in [2.45, 2.75) is 25.4 Å². The molecule has 0 aliphatic carbocycles. The van der Waals surface area contributed by atoms with Crippen molar-refractivity contribution in [1.29, 1.82) is 0 Å². The lowest BCUT2D eigenvalue weighted by Crippen LogP contribution is -2.31. The van der Waals surface area contributed by atoms with Crippen LogP contribution in [0.5, 0.6) is 0 Å². The van der Waals surface area contributed by atoms with Crippen molar-refractivity contribution in [3.8, 4) is 0 Å². The molecule has 1 aromatic carbocycles. The second-order valence-electron chi connectivity index (χ2n) is 4.26. The first kappa shape index (κ1) is 13.4. The molecule has 0 aromatic heterocycles. The summed E-state index contributed by atoms with van der Waals surface area (Å²) < 4.78 is 13.4. The first-order valence-corrected chi connectivity index (χ1v) is 5.63. The van der Waals surface area contributed by atoms with Gasteiger partial charge < -0.3 is 10.4 Å². The summed E-state index contributed by atoms with van der Waals surface area (Å²) in [6.07, 6.45) is 0.830. The second-order valence-corrected chi connectivity index (χ2v) is 4.70. The van der Waals surface area contributed by atoms with E-state index < -0.39 is 5.60 Å². The van der Waals surface area contributed by atoms with Gasteiger partial charge in [0.05, 0.1) is 5.60 Å². The van der Waals surface area contributed by atoms with Crippen molar-refractivity contribution >= 4 is 11.6 Å². The van der Waals surface area contributed by atoms with E-state index in [0.29, 0.717) is 23.6 Å². The molecule has 0 aliphatic rings. The minimum atomic E-state index is -0.922. The zero-order chi connectivity index (χ0) is 12.2. The predicted molar refractivity (Wildman–Crippen MR) is 64.3 cm³/mol. The molecule has 0 aliphatic heterocycles. The lowest BCUT2D eigenvalue weighted by molar-refractivity contribution is 0.0512. The molecular formula is C12H17ClFNO. The van der Waals surface area contributed by atoms with E-state index >= 15 is 0 Å². The Labute approximate surface area is 100 Å². The fraction of sp³-hybridized carbons (Fsp3) is 0.500. The summed E-state index contributed by atoms with van der Waals surface area (Å²) in [6, 6.07) is 4.39. The zero-order valence-corrected chi connectivity index (χ0v) is 10.3. The standard InChI is InChI=1S/C12H17ClFNO/c1-12(16,5-6-15-2)8-9-7-10(13)3-4-11(9)14/h3-4,7,15-16H,5-6,8H2,1-2H3. The Morgan fingerprint density at radius 3 is 2.81 bits per heavy atom. The molecule has 0 amide bonds. The van der Waals surface area contributed by atoms with Crippen LogP contribution in [0.15, 0.2) is 18.2 Å². The molecule has 0 saturated heterocycles. The number of aliphatic hydroxyl groups is 1. The number of halogens is 2. The van der Waals surface area contributed by atoms with Gasteiger partial charge in [0, 0.05) is 11.4 Å². The zero-order valence-electron chi connectivity index (χ0n) is 9.56. The molecule has 0 radical (unpaired) electrons. The molecule has 2 nitrogen and oxygen atoms in total. The molecule has 0 saturated carbocycles. The Balaban J connectivity index is 2.74. The molecule has 16 heavy (non-hydrogen) atoms. The van der Waals surface area contributed by atoms with Gasteiger partial charge in [0.1, 0.15) is 5.82 Å². The summed E-state index contributed by atoms with van der Waals surface area (Å²) in [5, 5.41) is 13.5. The third kappa shape index (κ3) is 4.08. The highest BCUT2D eigenvalue weighted by Gasteiger charge is 2.22. The maximum atomic E-state index is 13.4. The van der Waals surface area contributed by atoms with Crippen LogP contribution in [-0.4, -0.2) is 24.3 Å². The highest BCUT2D eigenvalue weighted by atomic mass is 35.5. The van der Waals surface area contributed by atoms with Crippen LogP contribution in [0.4, 0.5) is 4.39 Å². The first-order chi connectivity index (χ1) is 7.44. The van der Waals surface area contributed by atoms with Crippen molar-refractivity contribution < 1.29 is 9.50 Å². The molecule has 0 spiro atoms. The van der Waals surface area contributed by atoms with Crippen LogP contribution >= 0.6 is 11.6 Å². The molecule has 0 fully saturated rings. The van der Waals surface area contributed by atoms with E-state index in [-0.39, 0.29) is 12.2 Å². The molecule has 1 aromatic rings. The first-order valence-electron chi connectivity index (χ1n) is 5.25. The molecule has 1 unspecified atom stereocenters. The quantitative estimate of drug-likeness (QED) is 0.835. The van der Waals surface area contributed by atoms with Gasteiger partial charge in [-0.1, -0.05) is 11.6 Å². The lowest BCUT2D eigenvalue weighted by atomic mass is 9.93. The van der Waals surface area contributed by atoms with E-state index in [2.05, 4.69) is 5.32 Å². The Morgan fingerprint density at radius 2 is 2.19 bits per heavy atom. The molecule has 1 rings (SSSR count). The molecule has 90 valence electrons. The SMILES string of the molecule is CNCCC(C)(O)Cc1cc(Cl)ccc1F. The van der Waals surface area contributed by atoms with Gasteiger partial charge in [-0.05, 0) is 50.7 Å². The van der Waals surface area contributed by atoms with Gasteiger partial charge in [0.25, 0.3) is 0 Å². The summed E-state index contributed by atoms with van der Waals surface area (Å²) in [4.78, 5) is 0. The van der Waals surface area contributed by atoms with Crippen LogP contribution in [0.2, 0.25) is 5.02 Å². The van der Waals surface area contributed by atoms with E-state index in [4.69, 9.17) is 11.6 Å². The van der Waals surface area contributed by atoms with Crippen LogP contribution in [0.25, 0.3) is 0 Å². The number of hydrogen-bond donors (Lipinski definition) is 2. The van der Waals surface area contributed by atoms with E-state index in [9.17, 15) is 9.50 Å². The van der Waals surface area contributed by atoms with E-state index in [1.165, 1.54) is 12.1 Å². The van der Waals surface area contributed by atoms with Crippen molar-refractivity contribution in [3.63, 3.8) is 0 Å². The Morgan fingerprint density at radius 1 is 1.50 bits per heavy atom. The highest BCUT2D eigenvalue weighted by molar-refractivity contribution is 6.30. The predicted octanol–water partition coefficient (Wildman–Crippen LogP) is 2.38. The maximum absolute atomic E-state index is 13.4. The average Bonchev–Trinajstić information content (AvgIpc) is 2.20. The summed E-state index contributed by atoms with van der Waals surface area (Å²) in [7, 11) is 1.82. The minimum absolute atomic E-state index is 0.265. The van der Waals surface area contributed by atoms with E-state index in [0.717, 1.165) is 0 Å². The molecule has 4 heteroatoms. The molecule has 1 atom stereocenters. The van der Waals surface area contributed by atoms with Crippen molar-refractivity contribution in [3.05, 3.63) is 34.6 Å². The monoisotopic (exact) mass is 245 g/mol. The van der Waals surface area contributed by atoms with Gasteiger partial charge >= 0.3 is 0 Å². The van der Waals surface area contributed by atoms with Gasteiger partial charge in [-0.2, -0.15) is 0 Å². The molecule has 2 N–H and O–H groups in total. The number of nitrogens with one attached hydrogen (secondary N) is 1. The van der Waals surface area contributed by atoms with Gasteiger partial charge in [-0.15, -0.1) is 0 Å². The Bertz CT molecular complexity index is 355. The number of benzene rings is 1. The number of hydrogen-bond acceptors (Lipinski definition) is 2. The van der Waals surface area contributed by atoms with Crippen LogP contribution in [0.3, 0.4) is 0 Å². The van der Waals surface area contributed by atoms with Gasteiger partial charge in [0.2, 0.25) is 0 Å². The van der Waals surface area contributed by atoms with Crippen molar-refractivity contribution in [2.75, 3.05) is 13.6 Å². The van der Waals surface area contributed by atoms with E-state index in [1.807, 2.05) is 7.05 Å². The Kier molecular flexibility index (Phi) is 4.71. The summed E-state index contributed by atoms with van der Waals surface area (Å²) in [5.74, 6) is -0.325. The van der Waals surface area contributed by atoms with Crippen LogP contribution in [-0.2, 0) is 6.42 Å². The fourth-order valence-corrected chi connectivity index (χ4v) is 1.77. The number of rotatable bonds is 5. The second kappa shape index (κ2) is 5.62. The Hall–Kier alpha value is -0.640. The highest BCUT2D eigenvalue weighted by Crippen LogP contribution is 2.21. The largest absolute Gasteiger partial charge is 0.390 e. The van der Waals surface area contributed by atoms with Crippen LogP contribution in [0.1, 0.15) is 18.9 Å². The summed E-state index contributed by atoms with van der Waals surface area (Å²) in [6.45, 7) is 2.39. The van der Waals surface area contributed by atoms with Gasteiger partial charge in [-0.25, -0.2) is 4.39 Å². The molecular weight excluding hydrogens is 229 g/mol. The third-order valence-corrected chi connectivity index (χ3v) is 2.73. The topological polar surface area (TPSA) is 32.3 Å². The smallest absolute Gasteiger partial charge is 0.126 e. The van der Waals surface area contributed by atoms with Crippen molar-refractivity contribution in [2.24, 2.45) is 0 Å². The van der Waals surface area contributed by atoms with Gasteiger partial charge in [-0.3, -0.25) is 0 Å². The van der Waals surface area contributed by atoms with Crippen LogP contribution in [0, 0.1) is 5.82 Å². The fourth-order valence-electron chi connectivity index (χ4n) is 1.57. The van der Waals surface area contributed by atoms with E-state index in [1.54, 1.807) is 13.0 Å². The maximum Gasteiger partial charge on any atom is 0.126 e. The molecule has 0 heterocycles. The molecule has 0 bridgehead atoms. The summed E-state index contributed by atoms with van der Waals surface area (Å²) >= 11 is 5.79.